The molecule has 1 fully saturated rings. The summed E-state index contributed by atoms with van der Waals surface area (Å²) < 4.78 is 0. The third kappa shape index (κ3) is 4.95. The Morgan fingerprint density at radius 2 is 1.85 bits per heavy atom. The molecule has 1 saturated heterocycles. The number of benzene rings is 2. The van der Waals surface area contributed by atoms with Gasteiger partial charge in [-0.05, 0) is 62.4 Å². The van der Waals surface area contributed by atoms with Crippen molar-refractivity contribution in [3.63, 3.8) is 0 Å². The first-order valence-corrected chi connectivity index (χ1v) is 9.70. The van der Waals surface area contributed by atoms with Crippen LogP contribution >= 0.6 is 0 Å². The Kier molecular flexibility index (Phi) is 6.10. The van der Waals surface area contributed by atoms with Crippen molar-refractivity contribution in [3.05, 3.63) is 70.8 Å². The maximum Gasteiger partial charge on any atom is 0.251 e. The normalized spacial score (nSPS) is 19.1. The standard InChI is InChI=1S/C23H30N2O/c1-17-6-10-21(11-7-17)19(3)24-23(26)22-12-8-20(9-13-22)16-25-14-4-5-18(2)15-25/h6-13,18-19H,4-5,14-16H2,1-3H3,(H,24,26)/t18-,19-/m0/s1. The van der Waals surface area contributed by atoms with E-state index in [0.717, 1.165) is 23.6 Å². The summed E-state index contributed by atoms with van der Waals surface area (Å²) in [5.74, 6) is 0.772. The van der Waals surface area contributed by atoms with Crippen molar-refractivity contribution >= 4 is 5.91 Å². The SMILES string of the molecule is Cc1ccc([C@H](C)NC(=O)c2ccc(CN3CCC[C@H](C)C3)cc2)cc1. The third-order valence-corrected chi connectivity index (χ3v) is 5.29. The van der Waals surface area contributed by atoms with Gasteiger partial charge in [-0.3, -0.25) is 9.69 Å². The number of likely N-dealkylation sites (tertiary alicyclic amines) is 1. The van der Waals surface area contributed by atoms with Gasteiger partial charge >= 0.3 is 0 Å². The van der Waals surface area contributed by atoms with Crippen LogP contribution in [0.4, 0.5) is 0 Å². The Balaban J connectivity index is 1.57. The molecule has 0 aliphatic carbocycles. The van der Waals surface area contributed by atoms with Crippen LogP contribution in [0, 0.1) is 12.8 Å². The number of nitrogens with zero attached hydrogens (tertiary/aromatic N) is 1. The summed E-state index contributed by atoms with van der Waals surface area (Å²) in [5, 5.41) is 3.09. The lowest BCUT2D eigenvalue weighted by Gasteiger charge is -2.30. The predicted octanol–water partition coefficient (Wildman–Crippen LogP) is 4.72. The fraction of sp³-hybridized carbons (Fsp3) is 0.435. The van der Waals surface area contributed by atoms with Crippen LogP contribution in [0.25, 0.3) is 0 Å². The Morgan fingerprint density at radius 1 is 1.15 bits per heavy atom. The van der Waals surface area contributed by atoms with Gasteiger partial charge in [0.1, 0.15) is 0 Å². The first-order valence-electron chi connectivity index (χ1n) is 9.70. The van der Waals surface area contributed by atoms with Crippen LogP contribution in [0.5, 0.6) is 0 Å². The maximum absolute atomic E-state index is 12.5. The lowest BCUT2D eigenvalue weighted by Crippen LogP contribution is -2.33. The molecule has 138 valence electrons. The molecular formula is C23H30N2O. The Bertz CT molecular complexity index is 721. The molecule has 0 spiro atoms. The highest BCUT2D eigenvalue weighted by Crippen LogP contribution is 2.18. The van der Waals surface area contributed by atoms with Gasteiger partial charge in [0.15, 0.2) is 0 Å². The van der Waals surface area contributed by atoms with Gasteiger partial charge in [-0.2, -0.15) is 0 Å². The van der Waals surface area contributed by atoms with E-state index in [1.54, 1.807) is 0 Å². The second-order valence-corrected chi connectivity index (χ2v) is 7.79. The largest absolute Gasteiger partial charge is 0.346 e. The van der Waals surface area contributed by atoms with Crippen LogP contribution in [0.3, 0.4) is 0 Å². The average Bonchev–Trinajstić information content (AvgIpc) is 2.63. The van der Waals surface area contributed by atoms with E-state index >= 15 is 0 Å². The zero-order valence-corrected chi connectivity index (χ0v) is 16.2. The second kappa shape index (κ2) is 8.50. The van der Waals surface area contributed by atoms with Crippen molar-refractivity contribution < 1.29 is 4.79 Å². The molecule has 1 aliphatic rings. The quantitative estimate of drug-likeness (QED) is 0.846. The highest BCUT2D eigenvalue weighted by molar-refractivity contribution is 5.94. The maximum atomic E-state index is 12.5. The van der Waals surface area contributed by atoms with Crippen LogP contribution in [-0.4, -0.2) is 23.9 Å². The summed E-state index contributed by atoms with van der Waals surface area (Å²) in [6.45, 7) is 9.76. The van der Waals surface area contributed by atoms with Gasteiger partial charge in [0.05, 0.1) is 6.04 Å². The van der Waals surface area contributed by atoms with E-state index in [1.165, 1.54) is 37.1 Å². The number of carbonyl (C=O) groups is 1. The highest BCUT2D eigenvalue weighted by atomic mass is 16.1. The minimum Gasteiger partial charge on any atom is -0.346 e. The molecule has 0 radical (unpaired) electrons. The molecule has 0 unspecified atom stereocenters. The van der Waals surface area contributed by atoms with Gasteiger partial charge in [0.2, 0.25) is 0 Å². The van der Waals surface area contributed by atoms with Crippen molar-refractivity contribution in [2.45, 2.75) is 46.2 Å². The van der Waals surface area contributed by atoms with Crippen molar-refractivity contribution in [2.24, 2.45) is 5.92 Å². The Morgan fingerprint density at radius 3 is 2.50 bits per heavy atom. The molecule has 26 heavy (non-hydrogen) atoms. The van der Waals surface area contributed by atoms with Crippen molar-refractivity contribution in [1.82, 2.24) is 10.2 Å². The summed E-state index contributed by atoms with van der Waals surface area (Å²) >= 11 is 0. The van der Waals surface area contributed by atoms with E-state index in [4.69, 9.17) is 0 Å². The molecule has 1 N–H and O–H groups in total. The number of aryl methyl sites for hydroxylation is 1. The monoisotopic (exact) mass is 350 g/mol. The molecule has 3 nitrogen and oxygen atoms in total. The molecule has 2 aromatic rings. The van der Waals surface area contributed by atoms with Crippen LogP contribution in [0.2, 0.25) is 0 Å². The number of rotatable bonds is 5. The van der Waals surface area contributed by atoms with Crippen LogP contribution in [0.1, 0.15) is 59.8 Å². The van der Waals surface area contributed by atoms with Gasteiger partial charge in [0.25, 0.3) is 5.91 Å². The van der Waals surface area contributed by atoms with E-state index in [9.17, 15) is 4.79 Å². The molecule has 0 bridgehead atoms. The molecule has 2 aromatic carbocycles. The molecule has 1 aliphatic heterocycles. The predicted molar refractivity (Wildman–Crippen MR) is 107 cm³/mol. The number of hydrogen-bond donors (Lipinski definition) is 1. The topological polar surface area (TPSA) is 32.3 Å². The fourth-order valence-corrected chi connectivity index (χ4v) is 3.67. The smallest absolute Gasteiger partial charge is 0.251 e. The van der Waals surface area contributed by atoms with Crippen LogP contribution < -0.4 is 5.32 Å². The van der Waals surface area contributed by atoms with Gasteiger partial charge < -0.3 is 5.32 Å². The van der Waals surface area contributed by atoms with Gasteiger partial charge in [-0.25, -0.2) is 0 Å². The van der Waals surface area contributed by atoms with E-state index in [2.05, 4.69) is 60.5 Å². The summed E-state index contributed by atoms with van der Waals surface area (Å²) in [6, 6.07) is 16.4. The molecule has 0 saturated carbocycles. The summed E-state index contributed by atoms with van der Waals surface area (Å²) in [5.41, 5.74) is 4.35. The molecule has 3 rings (SSSR count). The molecular weight excluding hydrogens is 320 g/mol. The van der Waals surface area contributed by atoms with Gasteiger partial charge in [-0.1, -0.05) is 48.9 Å². The van der Waals surface area contributed by atoms with Crippen molar-refractivity contribution in [2.75, 3.05) is 13.1 Å². The highest BCUT2D eigenvalue weighted by Gasteiger charge is 2.16. The molecule has 2 atom stereocenters. The summed E-state index contributed by atoms with van der Waals surface area (Å²) in [4.78, 5) is 15.0. The number of amides is 1. The minimum atomic E-state index is -0.0174. The lowest BCUT2D eigenvalue weighted by atomic mass is 9.99. The fourth-order valence-electron chi connectivity index (χ4n) is 3.67. The van der Waals surface area contributed by atoms with Crippen molar-refractivity contribution in [1.29, 1.82) is 0 Å². The molecule has 0 aromatic heterocycles. The van der Waals surface area contributed by atoms with Crippen molar-refractivity contribution in [3.8, 4) is 0 Å². The van der Waals surface area contributed by atoms with E-state index in [-0.39, 0.29) is 11.9 Å². The Hall–Kier alpha value is -2.13. The molecule has 1 heterocycles. The lowest BCUT2D eigenvalue weighted by molar-refractivity contribution is 0.0940. The average molecular weight is 351 g/mol. The number of hydrogen-bond acceptors (Lipinski definition) is 2. The number of carbonyl (C=O) groups excluding carboxylic acids is 1. The summed E-state index contributed by atoms with van der Waals surface area (Å²) in [7, 11) is 0. The third-order valence-electron chi connectivity index (χ3n) is 5.29. The minimum absolute atomic E-state index is 0.00221. The summed E-state index contributed by atoms with van der Waals surface area (Å²) in [6.07, 6.45) is 2.63. The van der Waals surface area contributed by atoms with Crippen LogP contribution in [0.15, 0.2) is 48.5 Å². The zero-order chi connectivity index (χ0) is 18.5. The van der Waals surface area contributed by atoms with Crippen LogP contribution in [-0.2, 0) is 6.54 Å². The Labute approximate surface area is 157 Å². The first-order chi connectivity index (χ1) is 12.5. The molecule has 3 heteroatoms. The molecule has 1 amide bonds. The van der Waals surface area contributed by atoms with Gasteiger partial charge in [0, 0.05) is 18.7 Å². The first kappa shape index (κ1) is 18.7. The zero-order valence-electron chi connectivity index (χ0n) is 16.2. The number of piperidine rings is 1. The second-order valence-electron chi connectivity index (χ2n) is 7.79. The van der Waals surface area contributed by atoms with E-state index in [0.29, 0.717) is 0 Å². The van der Waals surface area contributed by atoms with Gasteiger partial charge in [-0.15, -0.1) is 0 Å². The van der Waals surface area contributed by atoms with E-state index < -0.39 is 0 Å². The number of nitrogens with one attached hydrogen (secondary N) is 1. The van der Waals surface area contributed by atoms with E-state index in [1.807, 2.05) is 19.1 Å².